The summed E-state index contributed by atoms with van der Waals surface area (Å²) in [5.74, 6) is -3.47. The fourth-order valence-electron chi connectivity index (χ4n) is 7.08. The molecule has 1 amide bonds. The maximum atomic E-state index is 15.3. The first-order valence-corrected chi connectivity index (χ1v) is 16.6. The van der Waals surface area contributed by atoms with E-state index in [0.29, 0.717) is 23.3 Å². The van der Waals surface area contributed by atoms with Gasteiger partial charge in [-0.05, 0) is 55.7 Å². The van der Waals surface area contributed by atoms with Crippen molar-refractivity contribution >= 4 is 33.9 Å². The highest BCUT2D eigenvalue weighted by molar-refractivity contribution is 6.10. The van der Waals surface area contributed by atoms with E-state index in [4.69, 9.17) is 4.74 Å². The lowest BCUT2D eigenvalue weighted by Gasteiger charge is -2.27. The molecular weight excluding hydrogens is 673 g/mol. The van der Waals surface area contributed by atoms with Crippen LogP contribution in [0.1, 0.15) is 58.7 Å². The average Bonchev–Trinajstić information content (AvgIpc) is 3.59. The third-order valence-corrected chi connectivity index (χ3v) is 9.70. The van der Waals surface area contributed by atoms with Crippen molar-refractivity contribution in [1.82, 2.24) is 19.3 Å². The molecule has 3 aromatic heterocycles. The number of benzene rings is 2. The van der Waals surface area contributed by atoms with Gasteiger partial charge in [0.25, 0.3) is 0 Å². The van der Waals surface area contributed by atoms with Crippen LogP contribution in [-0.4, -0.2) is 56.0 Å². The second kappa shape index (κ2) is 13.2. The Morgan fingerprint density at radius 2 is 1.86 bits per heavy atom. The minimum atomic E-state index is -4.77. The fourth-order valence-corrected chi connectivity index (χ4v) is 7.08. The number of alkyl halides is 3. The van der Waals surface area contributed by atoms with Gasteiger partial charge in [-0.3, -0.25) is 9.59 Å². The second-order valence-corrected chi connectivity index (χ2v) is 12.9. The molecule has 0 spiro atoms. The first-order chi connectivity index (χ1) is 24.3. The number of hydrogen-bond acceptors (Lipinski definition) is 6. The van der Waals surface area contributed by atoms with Crippen molar-refractivity contribution in [2.24, 2.45) is 7.05 Å². The molecule has 1 fully saturated rings. The van der Waals surface area contributed by atoms with E-state index in [1.807, 2.05) is 0 Å². The van der Waals surface area contributed by atoms with Gasteiger partial charge in [-0.25, -0.2) is 13.8 Å². The van der Waals surface area contributed by atoms with Crippen LogP contribution in [0.15, 0.2) is 54.7 Å². The van der Waals surface area contributed by atoms with Gasteiger partial charge in [0.15, 0.2) is 5.75 Å². The van der Waals surface area contributed by atoms with Crippen LogP contribution in [0.5, 0.6) is 5.75 Å². The number of nitrogens with zero attached hydrogens (tertiary/aromatic N) is 3. The molecular formula is C37H34F5N5O4. The number of ether oxygens (including phenoxy) is 1. The summed E-state index contributed by atoms with van der Waals surface area (Å²) in [5, 5.41) is 15.4. The van der Waals surface area contributed by atoms with Gasteiger partial charge >= 0.3 is 6.18 Å². The topological polar surface area (TPSA) is 110 Å². The standard InChI is InChI=1S/C37H34F5N5O4/c1-19-44-33-27(46(19)2)18-23(37(40,41)42)31-22-7-6-13-47-28(17-20(34(22)47)11-14-51-36(31)33)35(50)21-15-24(38)32(25(39)16-21)45-30(49)10-5-12-43-26-8-3-4-9-29(26)48/h5-7,10,13,15-18,26,29,43,48H,3-4,8-9,11-12,14H2,1-2H3,(H,45,49)/b10-5+/t26-,29+/m1/s1. The number of amides is 1. The smallest absolute Gasteiger partial charge is 0.417 e. The monoisotopic (exact) mass is 707 g/mol. The maximum Gasteiger partial charge on any atom is 0.417 e. The third kappa shape index (κ3) is 6.27. The summed E-state index contributed by atoms with van der Waals surface area (Å²) in [4.78, 5) is 30.8. The van der Waals surface area contributed by atoms with E-state index in [9.17, 15) is 27.9 Å². The summed E-state index contributed by atoms with van der Waals surface area (Å²) >= 11 is 0. The first kappa shape index (κ1) is 34.4. The zero-order chi connectivity index (χ0) is 36.2. The molecule has 9 nitrogen and oxygen atoms in total. The van der Waals surface area contributed by atoms with E-state index < -0.39 is 46.9 Å². The Bertz CT molecular complexity index is 2220. The van der Waals surface area contributed by atoms with Crippen LogP contribution in [0.2, 0.25) is 0 Å². The Labute approximate surface area is 288 Å². The Morgan fingerprint density at radius 1 is 1.12 bits per heavy atom. The summed E-state index contributed by atoms with van der Waals surface area (Å²) in [6, 6.07) is 7.04. The van der Waals surface area contributed by atoms with Gasteiger partial charge in [-0.1, -0.05) is 25.0 Å². The number of nitrogens with one attached hydrogen (secondary N) is 2. The van der Waals surface area contributed by atoms with Crippen LogP contribution in [0.4, 0.5) is 27.6 Å². The van der Waals surface area contributed by atoms with Crippen molar-refractivity contribution in [1.29, 1.82) is 0 Å². The lowest BCUT2D eigenvalue weighted by Crippen LogP contribution is -2.42. The van der Waals surface area contributed by atoms with E-state index in [0.717, 1.165) is 43.5 Å². The molecule has 7 rings (SSSR count). The van der Waals surface area contributed by atoms with E-state index in [-0.39, 0.29) is 64.8 Å². The van der Waals surface area contributed by atoms with Crippen LogP contribution >= 0.6 is 0 Å². The number of anilines is 1. The largest absolute Gasteiger partial charge is 0.490 e. The molecule has 1 saturated carbocycles. The quantitative estimate of drug-likeness (QED) is 0.0994. The Kier molecular flexibility index (Phi) is 8.92. The van der Waals surface area contributed by atoms with Crippen molar-refractivity contribution in [3.05, 3.63) is 94.6 Å². The van der Waals surface area contributed by atoms with Crippen LogP contribution in [-0.2, 0) is 24.4 Å². The Morgan fingerprint density at radius 3 is 2.59 bits per heavy atom. The second-order valence-electron chi connectivity index (χ2n) is 12.9. The molecule has 3 N–H and O–H groups in total. The maximum absolute atomic E-state index is 15.3. The zero-order valence-electron chi connectivity index (χ0n) is 27.7. The molecule has 1 aliphatic carbocycles. The number of hydrogen-bond donors (Lipinski definition) is 3. The van der Waals surface area contributed by atoms with Gasteiger partial charge in [0.05, 0.1) is 35.0 Å². The summed E-state index contributed by atoms with van der Waals surface area (Å²) in [6.45, 7) is 1.93. The molecule has 4 heterocycles. The molecule has 2 aromatic carbocycles. The van der Waals surface area contributed by atoms with Gasteiger partial charge < -0.3 is 29.4 Å². The lowest BCUT2D eigenvalue weighted by molar-refractivity contribution is -0.137. The van der Waals surface area contributed by atoms with E-state index >= 15 is 8.78 Å². The highest BCUT2D eigenvalue weighted by Gasteiger charge is 2.39. The number of imidazole rings is 1. The van der Waals surface area contributed by atoms with Gasteiger partial charge in [0, 0.05) is 55.0 Å². The molecule has 2 atom stereocenters. The number of carbonyl (C=O) groups is 2. The predicted octanol–water partition coefficient (Wildman–Crippen LogP) is 6.65. The summed E-state index contributed by atoms with van der Waals surface area (Å²) < 4.78 is 83.5. The normalized spacial score (nSPS) is 17.7. The molecule has 0 unspecified atom stereocenters. The van der Waals surface area contributed by atoms with Crippen molar-refractivity contribution in [3.63, 3.8) is 0 Å². The molecule has 2 aliphatic rings. The molecule has 266 valence electrons. The lowest BCUT2D eigenvalue weighted by atomic mass is 9.93. The third-order valence-electron chi connectivity index (χ3n) is 9.70. The van der Waals surface area contributed by atoms with E-state index in [1.54, 1.807) is 18.5 Å². The molecule has 14 heteroatoms. The number of ketones is 1. The molecule has 1 aliphatic heterocycles. The van der Waals surface area contributed by atoms with Crippen molar-refractivity contribution in [3.8, 4) is 16.9 Å². The zero-order valence-corrected chi connectivity index (χ0v) is 27.7. The highest BCUT2D eigenvalue weighted by Crippen LogP contribution is 2.48. The van der Waals surface area contributed by atoms with Gasteiger partial charge in [0.2, 0.25) is 11.7 Å². The first-order valence-electron chi connectivity index (χ1n) is 16.6. The average molecular weight is 708 g/mol. The van der Waals surface area contributed by atoms with Gasteiger partial charge in [-0.2, -0.15) is 13.2 Å². The molecule has 0 saturated heterocycles. The minimum Gasteiger partial charge on any atom is -0.490 e. The van der Waals surface area contributed by atoms with Crippen LogP contribution in [0.25, 0.3) is 27.7 Å². The van der Waals surface area contributed by atoms with E-state index in [2.05, 4.69) is 15.6 Å². The molecule has 0 bridgehead atoms. The highest BCUT2D eigenvalue weighted by atomic mass is 19.4. The van der Waals surface area contributed by atoms with Crippen molar-refractivity contribution in [2.75, 3.05) is 18.5 Å². The number of aromatic nitrogens is 3. The van der Waals surface area contributed by atoms with Gasteiger partial charge in [-0.15, -0.1) is 0 Å². The summed E-state index contributed by atoms with van der Waals surface area (Å²) in [6.07, 6.45) is 2.52. The SMILES string of the molecule is Cc1nc2c3c(c(C(F)(F)F)cc2n1C)-c1cccn2c(C(=O)c4cc(F)c(NC(=O)/C=C/CN[C@@H]5CCCC[C@@H]5O)c(F)c4)cc(c12)CCO3. The summed E-state index contributed by atoms with van der Waals surface area (Å²) in [5.41, 5.74) is -0.755. The molecule has 0 radical (unpaired) electrons. The number of aliphatic hydroxyl groups is 1. The fraction of sp³-hybridized carbons (Fsp3) is 0.324. The van der Waals surface area contributed by atoms with Crippen molar-refractivity contribution < 1.29 is 41.4 Å². The molecule has 51 heavy (non-hydrogen) atoms. The minimum absolute atomic E-state index is 0.0211. The van der Waals surface area contributed by atoms with Crippen LogP contribution in [0, 0.1) is 18.6 Å². The number of fused-ring (bicyclic) bond motifs is 4. The van der Waals surface area contributed by atoms with Crippen LogP contribution < -0.4 is 15.4 Å². The van der Waals surface area contributed by atoms with Crippen molar-refractivity contribution in [2.45, 2.75) is 57.3 Å². The van der Waals surface area contributed by atoms with E-state index in [1.165, 1.54) is 34.9 Å². The Hall–Kier alpha value is -5.08. The number of carbonyl (C=O) groups excluding carboxylic acids is 2. The number of aliphatic hydroxyl groups excluding tert-OH is 1. The number of aryl methyl sites for hydroxylation is 2. The van der Waals surface area contributed by atoms with Crippen LogP contribution in [0.3, 0.4) is 0 Å². The predicted molar refractivity (Wildman–Crippen MR) is 180 cm³/mol. The number of halogens is 5. The summed E-state index contributed by atoms with van der Waals surface area (Å²) in [7, 11) is 1.62. The number of rotatable bonds is 7. The Balaban J connectivity index is 1.20. The molecule has 5 aromatic rings. The van der Waals surface area contributed by atoms with Gasteiger partial charge in [0.1, 0.15) is 28.7 Å². The number of pyridine rings is 1.